The number of morpholine rings is 1. The van der Waals surface area contributed by atoms with Crippen molar-refractivity contribution in [1.82, 2.24) is 9.88 Å². The fourth-order valence-electron chi connectivity index (χ4n) is 3.68. The summed E-state index contributed by atoms with van der Waals surface area (Å²) in [6.07, 6.45) is 1.73. The van der Waals surface area contributed by atoms with Gasteiger partial charge in [-0.25, -0.2) is 0 Å². The van der Waals surface area contributed by atoms with Crippen LogP contribution < -0.4 is 14.5 Å². The van der Waals surface area contributed by atoms with Crippen molar-refractivity contribution in [2.75, 3.05) is 69.4 Å². The van der Waals surface area contributed by atoms with Crippen molar-refractivity contribution in [1.29, 1.82) is 0 Å². The second-order valence-corrected chi connectivity index (χ2v) is 6.98. The molecule has 2 aliphatic rings. The van der Waals surface area contributed by atoms with Crippen molar-refractivity contribution < 1.29 is 14.3 Å². The van der Waals surface area contributed by atoms with E-state index in [1.165, 1.54) is 5.69 Å². The zero-order valence-electron chi connectivity index (χ0n) is 16.2. The van der Waals surface area contributed by atoms with Crippen molar-refractivity contribution in [2.45, 2.75) is 0 Å². The second kappa shape index (κ2) is 8.48. The lowest BCUT2D eigenvalue weighted by molar-refractivity contribution is 0.0299. The van der Waals surface area contributed by atoms with E-state index in [0.717, 1.165) is 37.6 Å². The lowest BCUT2D eigenvalue weighted by Crippen LogP contribution is -2.46. The molecule has 148 valence electrons. The highest BCUT2D eigenvalue weighted by atomic mass is 16.5. The SMILES string of the molecule is COc1ccc(N2CCN(c3ccnc(C(=O)N4CCOCC4)c3)CC2)cc1. The number of ether oxygens (including phenoxy) is 2. The molecule has 0 bridgehead atoms. The van der Waals surface area contributed by atoms with Crippen LogP contribution in [0.2, 0.25) is 0 Å². The van der Waals surface area contributed by atoms with E-state index in [2.05, 4.69) is 26.9 Å². The molecule has 4 rings (SSSR count). The van der Waals surface area contributed by atoms with Crippen molar-refractivity contribution >= 4 is 17.3 Å². The van der Waals surface area contributed by atoms with Crippen LogP contribution in [0.1, 0.15) is 10.5 Å². The van der Waals surface area contributed by atoms with Crippen LogP contribution in [0.25, 0.3) is 0 Å². The molecule has 0 spiro atoms. The number of pyridine rings is 1. The zero-order chi connectivity index (χ0) is 19.3. The molecule has 2 aliphatic heterocycles. The first-order valence-electron chi connectivity index (χ1n) is 9.71. The van der Waals surface area contributed by atoms with E-state index < -0.39 is 0 Å². The fraction of sp³-hybridized carbons (Fsp3) is 0.429. The Labute approximate surface area is 165 Å². The van der Waals surface area contributed by atoms with Gasteiger partial charge in [0.15, 0.2) is 0 Å². The summed E-state index contributed by atoms with van der Waals surface area (Å²) in [7, 11) is 1.68. The van der Waals surface area contributed by atoms with E-state index in [-0.39, 0.29) is 5.91 Å². The first kappa shape index (κ1) is 18.6. The smallest absolute Gasteiger partial charge is 0.272 e. The predicted octanol–water partition coefficient (Wildman–Crippen LogP) is 1.89. The minimum atomic E-state index is -0.0120. The number of aromatic nitrogens is 1. The van der Waals surface area contributed by atoms with Gasteiger partial charge in [0.25, 0.3) is 5.91 Å². The molecular formula is C21H26N4O3. The third-order valence-corrected chi connectivity index (χ3v) is 5.34. The van der Waals surface area contributed by atoms with E-state index in [0.29, 0.717) is 32.0 Å². The molecule has 0 saturated carbocycles. The first-order chi connectivity index (χ1) is 13.7. The molecule has 0 N–H and O–H groups in total. The maximum atomic E-state index is 12.7. The summed E-state index contributed by atoms with van der Waals surface area (Å²) in [4.78, 5) is 23.5. The summed E-state index contributed by atoms with van der Waals surface area (Å²) in [6, 6.07) is 12.1. The number of benzene rings is 1. The van der Waals surface area contributed by atoms with Gasteiger partial charge >= 0.3 is 0 Å². The molecule has 0 atom stereocenters. The maximum absolute atomic E-state index is 12.7. The summed E-state index contributed by atoms with van der Waals surface area (Å²) in [5.41, 5.74) is 2.77. The zero-order valence-corrected chi connectivity index (χ0v) is 16.2. The van der Waals surface area contributed by atoms with Gasteiger partial charge in [-0.05, 0) is 36.4 Å². The Bertz CT molecular complexity index is 798. The van der Waals surface area contributed by atoms with Crippen LogP contribution in [0.15, 0.2) is 42.6 Å². The molecule has 7 heteroatoms. The number of rotatable bonds is 4. The Hall–Kier alpha value is -2.80. The van der Waals surface area contributed by atoms with Crippen LogP contribution >= 0.6 is 0 Å². The third-order valence-electron chi connectivity index (χ3n) is 5.34. The monoisotopic (exact) mass is 382 g/mol. The van der Waals surface area contributed by atoms with E-state index in [9.17, 15) is 4.79 Å². The van der Waals surface area contributed by atoms with Gasteiger partial charge in [0.05, 0.1) is 20.3 Å². The molecule has 2 fully saturated rings. The lowest BCUT2D eigenvalue weighted by atomic mass is 10.2. The summed E-state index contributed by atoms with van der Waals surface area (Å²) >= 11 is 0. The first-order valence-corrected chi connectivity index (χ1v) is 9.71. The molecule has 1 aromatic carbocycles. The Morgan fingerprint density at radius 1 is 0.929 bits per heavy atom. The molecular weight excluding hydrogens is 356 g/mol. The Kier molecular flexibility index (Phi) is 5.62. The molecule has 1 aromatic heterocycles. The van der Waals surface area contributed by atoms with Gasteiger partial charge in [0.1, 0.15) is 11.4 Å². The van der Waals surface area contributed by atoms with E-state index in [1.807, 2.05) is 29.2 Å². The van der Waals surface area contributed by atoms with Gasteiger partial charge in [-0.1, -0.05) is 0 Å². The van der Waals surface area contributed by atoms with E-state index in [4.69, 9.17) is 9.47 Å². The highest BCUT2D eigenvalue weighted by molar-refractivity contribution is 5.93. The summed E-state index contributed by atoms with van der Waals surface area (Å²) < 4.78 is 10.6. The number of hydrogen-bond acceptors (Lipinski definition) is 6. The van der Waals surface area contributed by atoms with Gasteiger partial charge in [-0.15, -0.1) is 0 Å². The topological polar surface area (TPSA) is 58.1 Å². The fourth-order valence-corrected chi connectivity index (χ4v) is 3.68. The van der Waals surface area contributed by atoms with Crippen molar-refractivity contribution in [3.8, 4) is 5.75 Å². The minimum absolute atomic E-state index is 0.0120. The normalized spacial score (nSPS) is 17.5. The number of anilines is 2. The highest BCUT2D eigenvalue weighted by Gasteiger charge is 2.22. The average Bonchev–Trinajstić information content (AvgIpc) is 2.79. The third kappa shape index (κ3) is 4.04. The molecule has 2 saturated heterocycles. The minimum Gasteiger partial charge on any atom is -0.497 e. The molecule has 1 amide bonds. The van der Waals surface area contributed by atoms with E-state index >= 15 is 0 Å². The van der Waals surface area contributed by atoms with Crippen LogP contribution in [0.4, 0.5) is 11.4 Å². The molecule has 28 heavy (non-hydrogen) atoms. The van der Waals surface area contributed by atoms with Crippen LogP contribution in [-0.4, -0.2) is 75.4 Å². The standard InChI is InChI=1S/C21H26N4O3/c1-27-19-4-2-17(3-5-19)23-8-10-24(11-9-23)18-6-7-22-20(16-18)21(26)25-12-14-28-15-13-25/h2-7,16H,8-15H2,1H3. The predicted molar refractivity (Wildman–Crippen MR) is 108 cm³/mol. The highest BCUT2D eigenvalue weighted by Crippen LogP contribution is 2.23. The molecule has 0 radical (unpaired) electrons. The summed E-state index contributed by atoms with van der Waals surface area (Å²) in [5, 5.41) is 0. The summed E-state index contributed by atoms with van der Waals surface area (Å²) in [6.45, 7) is 6.12. The van der Waals surface area contributed by atoms with Crippen molar-refractivity contribution in [2.24, 2.45) is 0 Å². The number of carbonyl (C=O) groups excluding carboxylic acids is 1. The number of methoxy groups -OCH3 is 1. The van der Waals surface area contributed by atoms with Gasteiger partial charge in [-0.2, -0.15) is 0 Å². The van der Waals surface area contributed by atoms with Crippen molar-refractivity contribution in [3.05, 3.63) is 48.3 Å². The second-order valence-electron chi connectivity index (χ2n) is 6.98. The maximum Gasteiger partial charge on any atom is 0.272 e. The van der Waals surface area contributed by atoms with Crippen LogP contribution in [0.5, 0.6) is 5.75 Å². The molecule has 0 aliphatic carbocycles. The quantitative estimate of drug-likeness (QED) is 0.805. The van der Waals surface area contributed by atoms with Crippen LogP contribution in [0, 0.1) is 0 Å². The molecule has 0 unspecified atom stereocenters. The number of piperazine rings is 1. The van der Waals surface area contributed by atoms with Gasteiger partial charge in [-0.3, -0.25) is 9.78 Å². The number of amides is 1. The number of nitrogens with zero attached hydrogens (tertiary/aromatic N) is 4. The molecule has 3 heterocycles. The van der Waals surface area contributed by atoms with Crippen LogP contribution in [-0.2, 0) is 4.74 Å². The summed E-state index contributed by atoms with van der Waals surface area (Å²) in [5.74, 6) is 0.860. The number of carbonyl (C=O) groups is 1. The Morgan fingerprint density at radius 3 is 2.21 bits per heavy atom. The van der Waals surface area contributed by atoms with Crippen molar-refractivity contribution in [3.63, 3.8) is 0 Å². The van der Waals surface area contributed by atoms with Gasteiger partial charge in [0, 0.05) is 56.8 Å². The van der Waals surface area contributed by atoms with Gasteiger partial charge < -0.3 is 24.2 Å². The van der Waals surface area contributed by atoms with Gasteiger partial charge in [0.2, 0.25) is 0 Å². The number of hydrogen-bond donors (Lipinski definition) is 0. The largest absolute Gasteiger partial charge is 0.497 e. The molecule has 7 nitrogen and oxygen atoms in total. The van der Waals surface area contributed by atoms with E-state index in [1.54, 1.807) is 13.3 Å². The average molecular weight is 382 g/mol. The Balaban J connectivity index is 1.39. The molecule has 2 aromatic rings. The lowest BCUT2D eigenvalue weighted by Gasteiger charge is -2.37. The van der Waals surface area contributed by atoms with Crippen LogP contribution in [0.3, 0.4) is 0 Å². The Morgan fingerprint density at radius 2 is 1.57 bits per heavy atom.